The number of rotatable bonds is 3. The van der Waals surface area contributed by atoms with Crippen LogP contribution in [0.4, 0.5) is 0 Å². The van der Waals surface area contributed by atoms with Gasteiger partial charge < -0.3 is 5.32 Å². The molecule has 1 aliphatic carbocycles. The van der Waals surface area contributed by atoms with Gasteiger partial charge in [-0.05, 0) is 37.7 Å². The average molecular weight is 203 g/mol. The molecule has 1 nitrogen and oxygen atoms in total. The molecule has 15 heavy (non-hydrogen) atoms. The zero-order valence-corrected chi connectivity index (χ0v) is 9.74. The third kappa shape index (κ3) is 2.82. The molecule has 3 atom stereocenters. The summed E-state index contributed by atoms with van der Waals surface area (Å²) in [6.07, 6.45) is 4.08. The number of hydrogen-bond acceptors (Lipinski definition) is 1. The molecule has 1 heteroatoms. The smallest absolute Gasteiger partial charge is 0.0294 e. The Kier molecular flexibility index (Phi) is 3.42. The third-order valence-corrected chi connectivity index (χ3v) is 3.48. The van der Waals surface area contributed by atoms with Crippen molar-refractivity contribution in [3.8, 4) is 0 Å². The lowest BCUT2D eigenvalue weighted by molar-refractivity contribution is 0.449. The van der Waals surface area contributed by atoms with E-state index in [9.17, 15) is 0 Å². The Hall–Kier alpha value is -0.820. The summed E-state index contributed by atoms with van der Waals surface area (Å²) in [5, 5.41) is 3.73. The summed E-state index contributed by atoms with van der Waals surface area (Å²) >= 11 is 0. The van der Waals surface area contributed by atoms with Crippen molar-refractivity contribution < 1.29 is 0 Å². The first-order valence-corrected chi connectivity index (χ1v) is 6.06. The highest BCUT2D eigenvalue weighted by Crippen LogP contribution is 2.26. The first-order chi connectivity index (χ1) is 7.25. The van der Waals surface area contributed by atoms with Gasteiger partial charge in [-0.1, -0.05) is 37.3 Å². The normalized spacial score (nSPS) is 27.9. The van der Waals surface area contributed by atoms with Crippen molar-refractivity contribution in [3.63, 3.8) is 0 Å². The predicted molar refractivity (Wildman–Crippen MR) is 64.8 cm³/mol. The second-order valence-electron chi connectivity index (χ2n) is 4.91. The number of hydrogen-bond donors (Lipinski definition) is 1. The van der Waals surface area contributed by atoms with Crippen LogP contribution in [0.2, 0.25) is 0 Å². The molecular weight excluding hydrogens is 182 g/mol. The van der Waals surface area contributed by atoms with E-state index < -0.39 is 0 Å². The maximum absolute atomic E-state index is 3.73. The Labute approximate surface area is 92.9 Å². The summed E-state index contributed by atoms with van der Waals surface area (Å²) in [5.41, 5.74) is 1.40. The van der Waals surface area contributed by atoms with Gasteiger partial charge in [-0.2, -0.15) is 0 Å². The first-order valence-electron chi connectivity index (χ1n) is 6.06. The number of nitrogens with one attached hydrogen (secondary N) is 1. The minimum Gasteiger partial charge on any atom is -0.307 e. The molecule has 1 aromatic rings. The van der Waals surface area contributed by atoms with E-state index in [2.05, 4.69) is 49.5 Å². The molecule has 1 saturated carbocycles. The van der Waals surface area contributed by atoms with Crippen LogP contribution >= 0.6 is 0 Å². The monoisotopic (exact) mass is 203 g/mol. The van der Waals surface area contributed by atoms with Crippen LogP contribution < -0.4 is 5.32 Å². The van der Waals surface area contributed by atoms with Crippen LogP contribution in [0.1, 0.15) is 44.7 Å². The van der Waals surface area contributed by atoms with Gasteiger partial charge in [0.15, 0.2) is 0 Å². The SMILES string of the molecule is C[C@@H]1CC[C@@H](N[C@H](C)c2ccccc2)C1. The maximum atomic E-state index is 3.73. The van der Waals surface area contributed by atoms with E-state index in [1.165, 1.54) is 24.8 Å². The Morgan fingerprint density at radius 3 is 2.53 bits per heavy atom. The summed E-state index contributed by atoms with van der Waals surface area (Å²) in [5.74, 6) is 0.908. The van der Waals surface area contributed by atoms with Crippen molar-refractivity contribution in [1.29, 1.82) is 0 Å². The Morgan fingerprint density at radius 1 is 1.20 bits per heavy atom. The minimum atomic E-state index is 0.487. The van der Waals surface area contributed by atoms with Crippen molar-refractivity contribution in [2.75, 3.05) is 0 Å². The molecule has 1 N–H and O–H groups in total. The van der Waals surface area contributed by atoms with Gasteiger partial charge in [0.05, 0.1) is 0 Å². The first kappa shape index (κ1) is 10.7. The van der Waals surface area contributed by atoms with Crippen molar-refractivity contribution >= 4 is 0 Å². The van der Waals surface area contributed by atoms with Gasteiger partial charge >= 0.3 is 0 Å². The van der Waals surface area contributed by atoms with Crippen LogP contribution in [0.3, 0.4) is 0 Å². The van der Waals surface area contributed by atoms with Crippen LogP contribution in [0.15, 0.2) is 30.3 Å². The molecule has 0 saturated heterocycles. The summed E-state index contributed by atoms with van der Waals surface area (Å²) in [7, 11) is 0. The average Bonchev–Trinajstić information content (AvgIpc) is 2.65. The van der Waals surface area contributed by atoms with Crippen LogP contribution in [0, 0.1) is 5.92 Å². The molecule has 0 aromatic heterocycles. The van der Waals surface area contributed by atoms with Crippen LogP contribution in [0.5, 0.6) is 0 Å². The molecule has 0 amide bonds. The lowest BCUT2D eigenvalue weighted by Gasteiger charge is -2.19. The molecule has 0 heterocycles. The van der Waals surface area contributed by atoms with E-state index in [1.54, 1.807) is 0 Å². The van der Waals surface area contributed by atoms with E-state index in [1.807, 2.05) is 0 Å². The summed E-state index contributed by atoms with van der Waals surface area (Å²) in [6.45, 7) is 4.62. The molecule has 0 aliphatic heterocycles. The fourth-order valence-corrected chi connectivity index (χ4v) is 2.55. The minimum absolute atomic E-state index is 0.487. The lowest BCUT2D eigenvalue weighted by atomic mass is 10.1. The van der Waals surface area contributed by atoms with Crippen LogP contribution in [-0.2, 0) is 0 Å². The molecule has 82 valence electrons. The van der Waals surface area contributed by atoms with E-state index in [-0.39, 0.29) is 0 Å². The standard InChI is InChI=1S/C14H21N/c1-11-8-9-14(10-11)15-12(2)13-6-4-3-5-7-13/h3-7,11-12,14-15H,8-10H2,1-2H3/t11-,12-,14-/m1/s1. The Bertz CT molecular complexity index is 293. The van der Waals surface area contributed by atoms with Crippen LogP contribution in [0.25, 0.3) is 0 Å². The molecule has 0 spiro atoms. The molecular formula is C14H21N. The highest BCUT2D eigenvalue weighted by Gasteiger charge is 2.22. The largest absolute Gasteiger partial charge is 0.307 e. The van der Waals surface area contributed by atoms with Crippen molar-refractivity contribution in [2.24, 2.45) is 5.92 Å². The fraction of sp³-hybridized carbons (Fsp3) is 0.571. The van der Waals surface area contributed by atoms with Crippen molar-refractivity contribution in [2.45, 2.75) is 45.2 Å². The van der Waals surface area contributed by atoms with Crippen molar-refractivity contribution in [3.05, 3.63) is 35.9 Å². The Balaban J connectivity index is 1.90. The zero-order chi connectivity index (χ0) is 10.7. The molecule has 1 aromatic carbocycles. The molecule has 0 bridgehead atoms. The molecule has 1 fully saturated rings. The van der Waals surface area contributed by atoms with Gasteiger partial charge in [0, 0.05) is 12.1 Å². The quantitative estimate of drug-likeness (QED) is 0.792. The van der Waals surface area contributed by atoms with Gasteiger partial charge in [-0.3, -0.25) is 0 Å². The van der Waals surface area contributed by atoms with Crippen LogP contribution in [-0.4, -0.2) is 6.04 Å². The highest BCUT2D eigenvalue weighted by molar-refractivity contribution is 5.18. The second kappa shape index (κ2) is 4.80. The van der Waals surface area contributed by atoms with E-state index >= 15 is 0 Å². The third-order valence-electron chi connectivity index (χ3n) is 3.48. The topological polar surface area (TPSA) is 12.0 Å². The molecule has 0 unspecified atom stereocenters. The van der Waals surface area contributed by atoms with Gasteiger partial charge in [-0.25, -0.2) is 0 Å². The molecule has 1 aliphatic rings. The fourth-order valence-electron chi connectivity index (χ4n) is 2.55. The van der Waals surface area contributed by atoms with Gasteiger partial charge in [0.25, 0.3) is 0 Å². The highest BCUT2D eigenvalue weighted by atomic mass is 14.9. The summed E-state index contributed by atoms with van der Waals surface area (Å²) in [6, 6.07) is 11.9. The summed E-state index contributed by atoms with van der Waals surface area (Å²) < 4.78 is 0. The lowest BCUT2D eigenvalue weighted by Crippen LogP contribution is -2.29. The molecule has 0 radical (unpaired) electrons. The van der Waals surface area contributed by atoms with E-state index in [4.69, 9.17) is 0 Å². The summed E-state index contributed by atoms with van der Waals surface area (Å²) in [4.78, 5) is 0. The molecule has 2 rings (SSSR count). The van der Waals surface area contributed by atoms with E-state index in [0.717, 1.165) is 12.0 Å². The van der Waals surface area contributed by atoms with E-state index in [0.29, 0.717) is 6.04 Å². The van der Waals surface area contributed by atoms with Gasteiger partial charge in [0.1, 0.15) is 0 Å². The van der Waals surface area contributed by atoms with Crippen molar-refractivity contribution in [1.82, 2.24) is 5.32 Å². The zero-order valence-electron chi connectivity index (χ0n) is 9.74. The predicted octanol–water partition coefficient (Wildman–Crippen LogP) is 3.53. The second-order valence-corrected chi connectivity index (χ2v) is 4.91. The Morgan fingerprint density at radius 2 is 1.93 bits per heavy atom. The van der Waals surface area contributed by atoms with Gasteiger partial charge in [-0.15, -0.1) is 0 Å². The maximum Gasteiger partial charge on any atom is 0.0294 e. The number of benzene rings is 1. The van der Waals surface area contributed by atoms with Gasteiger partial charge in [0.2, 0.25) is 0 Å².